The van der Waals surface area contributed by atoms with E-state index in [9.17, 15) is 19.8 Å². The van der Waals surface area contributed by atoms with Crippen LogP contribution in [0, 0.1) is 0 Å². The van der Waals surface area contributed by atoms with Crippen molar-refractivity contribution in [2.45, 2.75) is 44.9 Å². The summed E-state index contributed by atoms with van der Waals surface area (Å²) < 4.78 is 22.5. The van der Waals surface area contributed by atoms with Crippen molar-refractivity contribution in [3.8, 4) is 11.5 Å². The van der Waals surface area contributed by atoms with E-state index in [1.165, 1.54) is 38.2 Å². The van der Waals surface area contributed by atoms with Gasteiger partial charge in [0, 0.05) is 20.4 Å². The number of aliphatic hydroxyl groups excluding tert-OH is 2. The van der Waals surface area contributed by atoms with Crippen LogP contribution in [0.3, 0.4) is 0 Å². The van der Waals surface area contributed by atoms with Gasteiger partial charge in [0.2, 0.25) is 0 Å². The fourth-order valence-electron chi connectivity index (χ4n) is 3.71. The third-order valence-electron chi connectivity index (χ3n) is 5.36. The maximum Gasteiger partial charge on any atom is 0.308 e. The smallest absolute Gasteiger partial charge is 0.308 e. The number of hydrogen-bond acceptors (Lipinski definition) is 12. The third-order valence-corrected chi connectivity index (χ3v) is 5.36. The van der Waals surface area contributed by atoms with Crippen LogP contribution in [-0.4, -0.2) is 73.7 Å². The number of imidazole rings is 1. The van der Waals surface area contributed by atoms with Crippen molar-refractivity contribution in [2.24, 2.45) is 0 Å². The Bertz CT molecular complexity index is 1230. The number of rotatable bonds is 8. The number of benzene rings is 1. The minimum Gasteiger partial charge on any atom is -0.493 e. The van der Waals surface area contributed by atoms with Crippen LogP contribution in [0.1, 0.15) is 25.6 Å². The van der Waals surface area contributed by atoms with Crippen molar-refractivity contribution in [3.05, 3.63) is 36.4 Å². The first-order valence-electron chi connectivity index (χ1n) is 10.7. The van der Waals surface area contributed by atoms with Crippen LogP contribution in [0.2, 0.25) is 0 Å². The number of anilines is 1. The van der Waals surface area contributed by atoms with Crippen molar-refractivity contribution < 1.29 is 38.7 Å². The summed E-state index contributed by atoms with van der Waals surface area (Å²) in [6, 6.07) is 5.14. The second-order valence-electron chi connectivity index (χ2n) is 7.83. The van der Waals surface area contributed by atoms with Gasteiger partial charge >= 0.3 is 11.9 Å². The van der Waals surface area contributed by atoms with Gasteiger partial charge in [-0.05, 0) is 17.7 Å². The monoisotopic (exact) mass is 487 g/mol. The lowest BCUT2D eigenvalue weighted by Crippen LogP contribution is -2.34. The quantitative estimate of drug-likeness (QED) is 0.299. The lowest BCUT2D eigenvalue weighted by atomic mass is 10.1. The largest absolute Gasteiger partial charge is 0.493 e. The topological polar surface area (TPSA) is 167 Å². The maximum absolute atomic E-state index is 11.2. The van der Waals surface area contributed by atoms with Crippen LogP contribution in [0.5, 0.6) is 11.5 Å². The van der Waals surface area contributed by atoms with E-state index in [0.717, 1.165) is 5.56 Å². The van der Waals surface area contributed by atoms with Crippen LogP contribution >= 0.6 is 0 Å². The highest BCUT2D eigenvalue weighted by Crippen LogP contribution is 2.33. The van der Waals surface area contributed by atoms with E-state index in [4.69, 9.17) is 18.9 Å². The molecule has 3 N–H and O–H groups in total. The molecule has 0 spiro atoms. The van der Waals surface area contributed by atoms with E-state index < -0.39 is 36.5 Å². The van der Waals surface area contributed by atoms with Crippen molar-refractivity contribution in [3.63, 3.8) is 0 Å². The summed E-state index contributed by atoms with van der Waals surface area (Å²) in [4.78, 5) is 35.2. The lowest BCUT2D eigenvalue weighted by Gasteiger charge is -2.16. The number of aliphatic hydroxyl groups is 2. The van der Waals surface area contributed by atoms with Gasteiger partial charge in [0.05, 0.1) is 13.4 Å². The normalized spacial score (nSPS) is 21.6. The summed E-state index contributed by atoms with van der Waals surface area (Å²) in [5.74, 6) is 0.187. The Hall–Kier alpha value is -3.81. The van der Waals surface area contributed by atoms with E-state index >= 15 is 0 Å². The van der Waals surface area contributed by atoms with Gasteiger partial charge < -0.3 is 34.5 Å². The fraction of sp³-hybridized carbons (Fsp3) is 0.409. The molecule has 0 saturated carbocycles. The first kappa shape index (κ1) is 24.3. The standard InChI is InChI=1S/C22H25N5O8/c1-11(28)33-8-16-18(30)19(31)22(35-16)27-10-26-17-20(24-9-25-21(17)27)23-7-13-4-5-14(34-12(2)29)15(6-13)32-3/h4-6,9-10,16,18-19,22,30-31H,7-8H2,1-3H3,(H,23,24,25). The number of nitrogens with zero attached hydrogens (tertiary/aromatic N) is 4. The molecule has 4 rings (SSSR count). The molecule has 0 radical (unpaired) electrons. The summed E-state index contributed by atoms with van der Waals surface area (Å²) in [6.07, 6.45) is -1.68. The number of carbonyl (C=O) groups excluding carboxylic acids is 2. The van der Waals surface area contributed by atoms with Crippen molar-refractivity contribution in [2.75, 3.05) is 19.0 Å². The Morgan fingerprint density at radius 3 is 2.63 bits per heavy atom. The molecule has 4 atom stereocenters. The molecule has 2 aromatic heterocycles. The Labute approximate surface area is 199 Å². The Morgan fingerprint density at radius 2 is 1.91 bits per heavy atom. The number of carbonyl (C=O) groups is 2. The second kappa shape index (κ2) is 10.2. The predicted molar refractivity (Wildman–Crippen MR) is 120 cm³/mol. The van der Waals surface area contributed by atoms with Gasteiger partial charge in [0.15, 0.2) is 34.7 Å². The Balaban J connectivity index is 1.51. The first-order valence-corrected chi connectivity index (χ1v) is 10.7. The van der Waals surface area contributed by atoms with Crippen LogP contribution in [0.15, 0.2) is 30.9 Å². The number of nitrogens with one attached hydrogen (secondary N) is 1. The van der Waals surface area contributed by atoms with Crippen LogP contribution in [0.4, 0.5) is 5.82 Å². The first-order chi connectivity index (χ1) is 16.8. The average Bonchev–Trinajstić information content (AvgIpc) is 3.38. The van der Waals surface area contributed by atoms with E-state index in [1.807, 2.05) is 0 Å². The number of ether oxygens (including phenoxy) is 4. The summed E-state index contributed by atoms with van der Waals surface area (Å²) in [5.41, 5.74) is 1.62. The molecule has 1 aromatic carbocycles. The molecular formula is C22H25N5O8. The van der Waals surface area contributed by atoms with Gasteiger partial charge in [-0.25, -0.2) is 15.0 Å². The molecule has 35 heavy (non-hydrogen) atoms. The molecule has 3 heterocycles. The van der Waals surface area contributed by atoms with Crippen molar-refractivity contribution >= 4 is 28.9 Å². The Kier molecular flexibility index (Phi) is 7.10. The van der Waals surface area contributed by atoms with Crippen LogP contribution in [-0.2, 0) is 25.6 Å². The summed E-state index contributed by atoms with van der Waals surface area (Å²) in [7, 11) is 1.48. The van der Waals surface area contributed by atoms with Crippen molar-refractivity contribution in [1.29, 1.82) is 0 Å². The molecule has 13 nitrogen and oxygen atoms in total. The molecule has 13 heteroatoms. The van der Waals surface area contributed by atoms with Crippen molar-refractivity contribution in [1.82, 2.24) is 19.5 Å². The zero-order valence-electron chi connectivity index (χ0n) is 19.2. The zero-order valence-corrected chi connectivity index (χ0v) is 19.2. The second-order valence-corrected chi connectivity index (χ2v) is 7.83. The van der Waals surface area contributed by atoms with E-state index in [1.54, 1.807) is 18.2 Å². The predicted octanol–water partition coefficient (Wildman–Crippen LogP) is 0.555. The SMILES string of the molecule is COc1cc(CNc2ncnc3c2ncn3C2OC(COC(C)=O)C(O)C2O)ccc1OC(C)=O. The number of esters is 2. The summed E-state index contributed by atoms with van der Waals surface area (Å²) in [6.45, 7) is 2.71. The summed E-state index contributed by atoms with van der Waals surface area (Å²) in [5, 5.41) is 24.0. The Morgan fingerprint density at radius 1 is 1.11 bits per heavy atom. The molecule has 1 aliphatic heterocycles. The van der Waals surface area contributed by atoms with E-state index in [2.05, 4.69) is 20.3 Å². The molecule has 1 aliphatic rings. The average molecular weight is 487 g/mol. The van der Waals surface area contributed by atoms with Gasteiger partial charge in [0.25, 0.3) is 0 Å². The highest BCUT2D eigenvalue weighted by atomic mass is 16.6. The molecule has 4 unspecified atom stereocenters. The molecule has 0 bridgehead atoms. The van der Waals surface area contributed by atoms with Gasteiger partial charge in [-0.15, -0.1) is 0 Å². The molecule has 186 valence electrons. The van der Waals surface area contributed by atoms with Crippen LogP contribution < -0.4 is 14.8 Å². The number of fused-ring (bicyclic) bond motifs is 1. The number of methoxy groups -OCH3 is 1. The molecule has 0 aliphatic carbocycles. The number of aromatic nitrogens is 4. The minimum atomic E-state index is -1.29. The summed E-state index contributed by atoms with van der Waals surface area (Å²) >= 11 is 0. The molecular weight excluding hydrogens is 462 g/mol. The maximum atomic E-state index is 11.2. The fourth-order valence-corrected chi connectivity index (χ4v) is 3.71. The van der Waals surface area contributed by atoms with E-state index in [-0.39, 0.29) is 6.61 Å². The lowest BCUT2D eigenvalue weighted by molar-refractivity contribution is -0.147. The number of hydrogen-bond donors (Lipinski definition) is 3. The van der Waals surface area contributed by atoms with Gasteiger partial charge in [-0.2, -0.15) is 0 Å². The molecule has 3 aromatic rings. The minimum absolute atomic E-state index is 0.196. The van der Waals surface area contributed by atoms with E-state index in [0.29, 0.717) is 35.0 Å². The zero-order chi connectivity index (χ0) is 25.1. The molecule has 1 fully saturated rings. The van der Waals surface area contributed by atoms with Gasteiger partial charge in [-0.3, -0.25) is 14.2 Å². The van der Waals surface area contributed by atoms with Gasteiger partial charge in [-0.1, -0.05) is 6.07 Å². The molecule has 1 saturated heterocycles. The third kappa shape index (κ3) is 5.16. The van der Waals surface area contributed by atoms with Crippen LogP contribution in [0.25, 0.3) is 11.2 Å². The molecule has 0 amide bonds. The highest BCUT2D eigenvalue weighted by molar-refractivity contribution is 5.82. The van der Waals surface area contributed by atoms with Gasteiger partial charge in [0.1, 0.15) is 31.2 Å². The highest BCUT2D eigenvalue weighted by Gasteiger charge is 2.44.